The van der Waals surface area contributed by atoms with Crippen molar-refractivity contribution in [3.63, 3.8) is 0 Å². The molecule has 0 unspecified atom stereocenters. The third-order valence-electron chi connectivity index (χ3n) is 3.88. The van der Waals surface area contributed by atoms with E-state index in [2.05, 4.69) is 51.4 Å². The van der Waals surface area contributed by atoms with Gasteiger partial charge in [-0.1, -0.05) is 54.1 Å². The lowest BCUT2D eigenvalue weighted by molar-refractivity contribution is 0.805. The minimum atomic E-state index is 0.664. The molecule has 128 valence electrons. The molecule has 0 saturated heterocycles. The van der Waals surface area contributed by atoms with E-state index in [0.717, 1.165) is 36.2 Å². The smallest absolute Gasteiger partial charge is 0.136 e. The van der Waals surface area contributed by atoms with Crippen LogP contribution in [0.4, 0.5) is 17.3 Å². The molecular weight excluding hydrogens is 332 g/mol. The molecule has 0 fully saturated rings. The van der Waals surface area contributed by atoms with Gasteiger partial charge in [0.05, 0.1) is 10.7 Å². The molecule has 0 radical (unpaired) electrons. The number of rotatable bonds is 6. The molecule has 0 bridgehead atoms. The van der Waals surface area contributed by atoms with Crippen LogP contribution in [0.25, 0.3) is 0 Å². The van der Waals surface area contributed by atoms with E-state index >= 15 is 0 Å². The van der Waals surface area contributed by atoms with Gasteiger partial charge in [0.2, 0.25) is 0 Å². The zero-order valence-electron chi connectivity index (χ0n) is 14.4. The Morgan fingerprint density at radius 3 is 2.44 bits per heavy atom. The second-order valence-corrected chi connectivity index (χ2v) is 6.17. The number of hydrogen-bond acceptors (Lipinski definition) is 4. The molecule has 0 aliphatic heterocycles. The number of para-hydroxylation sites is 1. The molecule has 1 N–H and O–H groups in total. The maximum Gasteiger partial charge on any atom is 0.136 e. The molecule has 2 aromatic carbocycles. The molecule has 0 spiro atoms. The number of benzene rings is 2. The van der Waals surface area contributed by atoms with Crippen LogP contribution in [-0.4, -0.2) is 16.5 Å². The van der Waals surface area contributed by atoms with E-state index in [-0.39, 0.29) is 0 Å². The van der Waals surface area contributed by atoms with Crippen molar-refractivity contribution in [2.24, 2.45) is 0 Å². The van der Waals surface area contributed by atoms with Gasteiger partial charge < -0.3 is 10.2 Å². The van der Waals surface area contributed by atoms with Gasteiger partial charge in [-0.05, 0) is 31.5 Å². The van der Waals surface area contributed by atoms with Crippen LogP contribution >= 0.6 is 11.6 Å². The van der Waals surface area contributed by atoms with Crippen LogP contribution in [-0.2, 0) is 6.54 Å². The van der Waals surface area contributed by atoms with E-state index in [4.69, 9.17) is 11.6 Å². The second-order valence-electron chi connectivity index (χ2n) is 5.76. The number of aryl methyl sites for hydroxylation is 1. The van der Waals surface area contributed by atoms with Crippen LogP contribution in [0.2, 0.25) is 5.02 Å². The Bertz CT molecular complexity index is 836. The summed E-state index contributed by atoms with van der Waals surface area (Å²) in [7, 11) is 0. The van der Waals surface area contributed by atoms with Gasteiger partial charge in [-0.3, -0.25) is 0 Å². The number of nitrogens with one attached hydrogen (secondary N) is 1. The maximum absolute atomic E-state index is 6.23. The van der Waals surface area contributed by atoms with Crippen molar-refractivity contribution in [2.75, 3.05) is 16.8 Å². The second kappa shape index (κ2) is 7.99. The molecule has 1 aromatic heterocycles. The summed E-state index contributed by atoms with van der Waals surface area (Å²) in [5.41, 5.74) is 2.08. The Balaban J connectivity index is 1.86. The Hall–Kier alpha value is -2.59. The average Bonchev–Trinajstić information content (AvgIpc) is 2.62. The highest BCUT2D eigenvalue weighted by atomic mass is 35.5. The molecule has 1 heterocycles. The summed E-state index contributed by atoms with van der Waals surface area (Å²) in [4.78, 5) is 11.3. The number of halogens is 1. The molecule has 0 saturated carbocycles. The van der Waals surface area contributed by atoms with Gasteiger partial charge in [0, 0.05) is 19.2 Å². The van der Waals surface area contributed by atoms with Crippen LogP contribution in [0.15, 0.2) is 60.7 Å². The Morgan fingerprint density at radius 1 is 1.00 bits per heavy atom. The van der Waals surface area contributed by atoms with E-state index in [1.54, 1.807) is 0 Å². The number of aromatic nitrogens is 2. The Morgan fingerprint density at radius 2 is 1.72 bits per heavy atom. The predicted octanol–water partition coefficient (Wildman–Crippen LogP) is 5.21. The lowest BCUT2D eigenvalue weighted by Gasteiger charge is -2.23. The fraction of sp³-hybridized carbons (Fsp3) is 0.200. The third-order valence-corrected chi connectivity index (χ3v) is 4.21. The van der Waals surface area contributed by atoms with E-state index in [1.165, 1.54) is 5.56 Å². The van der Waals surface area contributed by atoms with E-state index in [0.29, 0.717) is 5.02 Å². The van der Waals surface area contributed by atoms with Crippen molar-refractivity contribution in [3.05, 3.63) is 77.1 Å². The summed E-state index contributed by atoms with van der Waals surface area (Å²) in [6, 6.07) is 20.0. The van der Waals surface area contributed by atoms with Crippen molar-refractivity contribution >= 4 is 28.9 Å². The van der Waals surface area contributed by atoms with Crippen molar-refractivity contribution in [1.29, 1.82) is 0 Å². The van der Waals surface area contributed by atoms with Crippen LogP contribution < -0.4 is 10.2 Å². The predicted molar refractivity (Wildman–Crippen MR) is 105 cm³/mol. The van der Waals surface area contributed by atoms with Crippen LogP contribution in [0, 0.1) is 6.92 Å². The van der Waals surface area contributed by atoms with Gasteiger partial charge in [-0.25, -0.2) is 9.97 Å². The molecule has 5 heteroatoms. The monoisotopic (exact) mass is 352 g/mol. The minimum Gasteiger partial charge on any atom is -0.352 e. The van der Waals surface area contributed by atoms with Gasteiger partial charge in [0.1, 0.15) is 17.5 Å². The quantitative estimate of drug-likeness (QED) is 0.661. The molecule has 0 aliphatic carbocycles. The Kier molecular flexibility index (Phi) is 5.51. The summed E-state index contributed by atoms with van der Waals surface area (Å²) in [6.07, 6.45) is 0. The topological polar surface area (TPSA) is 41.0 Å². The highest BCUT2D eigenvalue weighted by Gasteiger charge is 2.11. The molecule has 0 aliphatic rings. The van der Waals surface area contributed by atoms with Crippen molar-refractivity contribution < 1.29 is 0 Å². The minimum absolute atomic E-state index is 0.664. The van der Waals surface area contributed by atoms with E-state index < -0.39 is 0 Å². The van der Waals surface area contributed by atoms with E-state index in [9.17, 15) is 0 Å². The van der Waals surface area contributed by atoms with E-state index in [1.807, 2.05) is 43.3 Å². The van der Waals surface area contributed by atoms with Gasteiger partial charge in [-0.2, -0.15) is 0 Å². The molecule has 3 rings (SSSR count). The lowest BCUT2D eigenvalue weighted by atomic mass is 10.2. The molecule has 4 nitrogen and oxygen atoms in total. The highest BCUT2D eigenvalue weighted by molar-refractivity contribution is 6.33. The molecule has 0 atom stereocenters. The molecule has 0 amide bonds. The van der Waals surface area contributed by atoms with Crippen molar-refractivity contribution in [1.82, 2.24) is 9.97 Å². The summed E-state index contributed by atoms with van der Waals surface area (Å²) in [6.45, 7) is 5.69. The first-order valence-corrected chi connectivity index (χ1v) is 8.69. The first-order valence-electron chi connectivity index (χ1n) is 8.32. The van der Waals surface area contributed by atoms with Gasteiger partial charge in [0.25, 0.3) is 0 Å². The largest absolute Gasteiger partial charge is 0.352 e. The summed E-state index contributed by atoms with van der Waals surface area (Å²) >= 11 is 6.23. The average molecular weight is 353 g/mol. The zero-order chi connectivity index (χ0) is 17.6. The third kappa shape index (κ3) is 4.48. The summed E-state index contributed by atoms with van der Waals surface area (Å²) < 4.78 is 0. The van der Waals surface area contributed by atoms with Gasteiger partial charge >= 0.3 is 0 Å². The summed E-state index contributed by atoms with van der Waals surface area (Å²) in [5.74, 6) is 2.36. The first kappa shape index (κ1) is 17.2. The number of nitrogens with zero attached hydrogens (tertiary/aromatic N) is 3. The molecule has 25 heavy (non-hydrogen) atoms. The normalized spacial score (nSPS) is 10.5. The van der Waals surface area contributed by atoms with Crippen LogP contribution in [0.5, 0.6) is 0 Å². The standard InChI is InChI=1S/C20H21ClN4/c1-3-25(14-16-9-5-4-6-10-16)20-13-19(22-15(2)23-20)24-18-12-8-7-11-17(18)21/h4-13H,3,14H2,1-2H3,(H,22,23,24). The van der Waals surface area contributed by atoms with Crippen LogP contribution in [0.1, 0.15) is 18.3 Å². The Labute approximate surface area is 153 Å². The fourth-order valence-electron chi connectivity index (χ4n) is 2.64. The van der Waals surface area contributed by atoms with Crippen molar-refractivity contribution in [3.8, 4) is 0 Å². The number of hydrogen-bond donors (Lipinski definition) is 1. The lowest BCUT2D eigenvalue weighted by Crippen LogP contribution is -2.23. The zero-order valence-corrected chi connectivity index (χ0v) is 15.2. The highest BCUT2D eigenvalue weighted by Crippen LogP contribution is 2.26. The summed E-state index contributed by atoms with van der Waals surface area (Å²) in [5, 5.41) is 3.95. The first-order chi connectivity index (χ1) is 12.2. The number of anilines is 3. The van der Waals surface area contributed by atoms with Gasteiger partial charge in [-0.15, -0.1) is 0 Å². The van der Waals surface area contributed by atoms with Crippen molar-refractivity contribution in [2.45, 2.75) is 20.4 Å². The van der Waals surface area contributed by atoms with Gasteiger partial charge in [0.15, 0.2) is 0 Å². The SMILES string of the molecule is CCN(Cc1ccccc1)c1cc(Nc2ccccc2Cl)nc(C)n1. The molecule has 3 aromatic rings. The maximum atomic E-state index is 6.23. The fourth-order valence-corrected chi connectivity index (χ4v) is 2.82. The molecular formula is C20H21ClN4. The van der Waals surface area contributed by atoms with Crippen LogP contribution in [0.3, 0.4) is 0 Å².